The molecule has 4 N–H and O–H groups in total. The van der Waals surface area contributed by atoms with Gasteiger partial charge < -0.3 is 25.6 Å². The largest absolute Gasteiger partial charge is 0.507 e. The van der Waals surface area contributed by atoms with E-state index in [1.54, 1.807) is 13.8 Å². The quantitative estimate of drug-likeness (QED) is 0.540. The molecular formula is C18H16Cl2N2O6. The first kappa shape index (κ1) is 21.3. The topological polar surface area (TPSA) is 125 Å². The first-order valence-electron chi connectivity index (χ1n) is 7.93. The van der Waals surface area contributed by atoms with Crippen LogP contribution in [0.2, 0.25) is 10.0 Å². The lowest BCUT2D eigenvalue weighted by Crippen LogP contribution is -2.30. The Hall–Kier alpha value is -2.97. The van der Waals surface area contributed by atoms with E-state index in [1.165, 1.54) is 30.3 Å². The van der Waals surface area contributed by atoms with Crippen molar-refractivity contribution in [2.45, 2.75) is 19.9 Å². The number of nitrogens with one attached hydrogen (secondary N) is 2. The Labute approximate surface area is 170 Å². The second-order valence-corrected chi connectivity index (χ2v) is 6.75. The maximum Gasteiger partial charge on any atom is 0.394 e. The highest BCUT2D eigenvalue weighted by Gasteiger charge is 2.17. The lowest BCUT2D eigenvalue weighted by molar-refractivity contribution is -0.147. The highest BCUT2D eigenvalue weighted by molar-refractivity contribution is 6.39. The van der Waals surface area contributed by atoms with Gasteiger partial charge in [0.2, 0.25) is 0 Å². The summed E-state index contributed by atoms with van der Waals surface area (Å²) in [6, 6.07) is 6.41. The molecule has 2 aromatic carbocycles. The summed E-state index contributed by atoms with van der Waals surface area (Å²) < 4.78 is 5.61. The Morgan fingerprint density at radius 3 is 2.21 bits per heavy atom. The van der Waals surface area contributed by atoms with Crippen molar-refractivity contribution in [1.82, 2.24) is 5.32 Å². The normalized spacial score (nSPS) is 10.5. The zero-order valence-electron chi connectivity index (χ0n) is 14.7. The predicted molar refractivity (Wildman–Crippen MR) is 104 cm³/mol. The predicted octanol–water partition coefficient (Wildman–Crippen LogP) is 3.65. The lowest BCUT2D eigenvalue weighted by Gasteiger charge is -2.14. The minimum Gasteiger partial charge on any atom is -0.507 e. The Morgan fingerprint density at radius 2 is 1.68 bits per heavy atom. The molecule has 0 heterocycles. The van der Waals surface area contributed by atoms with Crippen LogP contribution in [0, 0.1) is 0 Å². The van der Waals surface area contributed by atoms with Gasteiger partial charge in [0.25, 0.3) is 5.91 Å². The number of ether oxygens (including phenoxy) is 1. The van der Waals surface area contributed by atoms with E-state index >= 15 is 0 Å². The number of hydrogen-bond donors (Lipinski definition) is 4. The average Bonchev–Trinajstić information content (AvgIpc) is 2.58. The van der Waals surface area contributed by atoms with Gasteiger partial charge in [-0.15, -0.1) is 0 Å². The van der Waals surface area contributed by atoms with E-state index in [-0.39, 0.29) is 44.6 Å². The molecule has 0 aromatic heterocycles. The molecule has 2 aromatic rings. The van der Waals surface area contributed by atoms with Crippen molar-refractivity contribution in [2.75, 3.05) is 5.32 Å². The molecule has 0 unspecified atom stereocenters. The molecule has 0 atom stereocenters. The van der Waals surface area contributed by atoms with Crippen molar-refractivity contribution in [3.63, 3.8) is 0 Å². The molecular weight excluding hydrogens is 411 g/mol. The second kappa shape index (κ2) is 8.81. The molecule has 0 bridgehead atoms. The molecule has 0 radical (unpaired) electrons. The molecule has 28 heavy (non-hydrogen) atoms. The number of phenolic OH excluding ortho intramolecular Hbond substituents is 1. The highest BCUT2D eigenvalue weighted by atomic mass is 35.5. The summed E-state index contributed by atoms with van der Waals surface area (Å²) in [4.78, 5) is 34.0. The van der Waals surface area contributed by atoms with Gasteiger partial charge in [0.05, 0.1) is 15.6 Å². The van der Waals surface area contributed by atoms with Crippen LogP contribution in [0.25, 0.3) is 0 Å². The molecule has 148 valence electrons. The van der Waals surface area contributed by atoms with Gasteiger partial charge in [-0.2, -0.15) is 0 Å². The minimum absolute atomic E-state index is 0.00351. The smallest absolute Gasteiger partial charge is 0.394 e. The van der Waals surface area contributed by atoms with Crippen LogP contribution < -0.4 is 15.4 Å². The van der Waals surface area contributed by atoms with Crippen LogP contribution in [0.15, 0.2) is 30.3 Å². The molecule has 10 heteroatoms. The SMILES string of the molecule is CC(C)NC(=O)c1cc(Oc2c(Cl)cc(NC(=O)C(=O)O)cc2Cl)ccc1O. The van der Waals surface area contributed by atoms with Gasteiger partial charge in [-0.3, -0.25) is 9.59 Å². The van der Waals surface area contributed by atoms with E-state index in [4.69, 9.17) is 33.0 Å². The molecule has 0 aliphatic carbocycles. The van der Waals surface area contributed by atoms with Gasteiger partial charge in [0.1, 0.15) is 11.5 Å². The third-order valence-corrected chi connectivity index (χ3v) is 3.86. The minimum atomic E-state index is -1.66. The number of rotatable bonds is 5. The van der Waals surface area contributed by atoms with Crippen LogP contribution in [0.3, 0.4) is 0 Å². The Kier molecular flexibility index (Phi) is 6.71. The highest BCUT2D eigenvalue weighted by Crippen LogP contribution is 2.39. The summed E-state index contributed by atoms with van der Waals surface area (Å²) >= 11 is 12.2. The van der Waals surface area contributed by atoms with Gasteiger partial charge in [0.15, 0.2) is 5.75 Å². The maximum absolute atomic E-state index is 12.1. The van der Waals surface area contributed by atoms with Crippen molar-refractivity contribution < 1.29 is 29.3 Å². The van der Waals surface area contributed by atoms with Crippen LogP contribution in [0.4, 0.5) is 5.69 Å². The van der Waals surface area contributed by atoms with Gasteiger partial charge in [0, 0.05) is 11.7 Å². The van der Waals surface area contributed by atoms with Crippen LogP contribution >= 0.6 is 23.2 Å². The van der Waals surface area contributed by atoms with Gasteiger partial charge in [-0.25, -0.2) is 4.79 Å². The summed E-state index contributed by atoms with van der Waals surface area (Å²) in [5.41, 5.74) is 0.0706. The summed E-state index contributed by atoms with van der Waals surface area (Å²) in [7, 11) is 0. The fraction of sp³-hybridized carbons (Fsp3) is 0.167. The van der Waals surface area contributed by atoms with Crippen LogP contribution in [-0.2, 0) is 9.59 Å². The van der Waals surface area contributed by atoms with E-state index in [1.807, 2.05) is 0 Å². The average molecular weight is 427 g/mol. The number of carbonyl (C=O) groups excluding carboxylic acids is 2. The van der Waals surface area contributed by atoms with Crippen molar-refractivity contribution >= 4 is 46.7 Å². The van der Waals surface area contributed by atoms with Crippen LogP contribution in [-0.4, -0.2) is 34.0 Å². The molecule has 2 rings (SSSR count). The maximum atomic E-state index is 12.1. The molecule has 0 aliphatic heterocycles. The van der Waals surface area contributed by atoms with E-state index in [2.05, 4.69) is 10.6 Å². The first-order valence-corrected chi connectivity index (χ1v) is 8.69. The van der Waals surface area contributed by atoms with E-state index in [9.17, 15) is 19.5 Å². The lowest BCUT2D eigenvalue weighted by atomic mass is 10.1. The second-order valence-electron chi connectivity index (χ2n) is 5.94. The molecule has 0 saturated carbocycles. The number of anilines is 1. The summed E-state index contributed by atoms with van der Waals surface area (Å²) in [6.45, 7) is 3.55. The summed E-state index contributed by atoms with van der Waals surface area (Å²) in [5, 5.41) is 23.3. The zero-order valence-corrected chi connectivity index (χ0v) is 16.3. The number of carboxylic acids is 1. The number of benzene rings is 2. The Bertz CT molecular complexity index is 923. The van der Waals surface area contributed by atoms with Crippen molar-refractivity contribution in [2.24, 2.45) is 0 Å². The number of phenols is 1. The number of amides is 2. The number of carboxylic acid groups (broad SMARTS) is 1. The van der Waals surface area contributed by atoms with Gasteiger partial charge >= 0.3 is 11.9 Å². The van der Waals surface area contributed by atoms with Crippen LogP contribution in [0.5, 0.6) is 17.2 Å². The summed E-state index contributed by atoms with van der Waals surface area (Å²) in [6.07, 6.45) is 0. The molecule has 0 aliphatic rings. The zero-order chi connectivity index (χ0) is 21.0. The molecule has 8 nitrogen and oxygen atoms in total. The third kappa shape index (κ3) is 5.28. The first-order chi connectivity index (χ1) is 13.1. The van der Waals surface area contributed by atoms with Crippen molar-refractivity contribution in [1.29, 1.82) is 0 Å². The molecule has 0 spiro atoms. The Balaban J connectivity index is 2.29. The van der Waals surface area contributed by atoms with Crippen molar-refractivity contribution in [3.8, 4) is 17.2 Å². The fourth-order valence-corrected chi connectivity index (χ4v) is 2.70. The number of halogens is 2. The van der Waals surface area contributed by atoms with E-state index in [0.717, 1.165) is 0 Å². The third-order valence-electron chi connectivity index (χ3n) is 3.30. The standard InChI is InChI=1S/C18H16Cl2N2O6/c1-8(2)21-16(24)11-7-10(3-4-14(11)23)28-15-12(19)5-9(6-13(15)20)22-17(25)18(26)27/h3-8,23H,1-2H3,(H,21,24)(H,22,25)(H,26,27). The number of aromatic hydroxyl groups is 1. The van der Waals surface area contributed by atoms with E-state index in [0.29, 0.717) is 0 Å². The van der Waals surface area contributed by atoms with Crippen LogP contribution in [0.1, 0.15) is 24.2 Å². The van der Waals surface area contributed by atoms with Gasteiger partial charge in [-0.05, 0) is 44.2 Å². The summed E-state index contributed by atoms with van der Waals surface area (Å²) in [5.74, 6) is -3.42. The molecule has 0 saturated heterocycles. The monoisotopic (exact) mass is 426 g/mol. The fourth-order valence-electron chi connectivity index (χ4n) is 2.13. The molecule has 0 fully saturated rings. The number of carbonyl (C=O) groups is 3. The Morgan fingerprint density at radius 1 is 1.07 bits per heavy atom. The van der Waals surface area contributed by atoms with E-state index < -0.39 is 17.8 Å². The van der Waals surface area contributed by atoms with Gasteiger partial charge in [-0.1, -0.05) is 23.2 Å². The number of hydrogen-bond acceptors (Lipinski definition) is 5. The number of aliphatic carboxylic acids is 1. The molecule has 2 amide bonds. The van der Waals surface area contributed by atoms with Crippen molar-refractivity contribution in [3.05, 3.63) is 45.9 Å².